The van der Waals surface area contributed by atoms with Crippen LogP contribution < -0.4 is 5.32 Å². The SMILES string of the molecule is O=C(NC(c1ccc(F)cc1)c1cccs1)c1ncc(Cl)c(Cl)c1Cl. The zero-order valence-electron chi connectivity index (χ0n) is 12.5. The Hall–Kier alpha value is -1.66. The minimum atomic E-state index is -0.508. The van der Waals surface area contributed by atoms with Crippen LogP contribution in [-0.4, -0.2) is 10.9 Å². The molecule has 8 heteroatoms. The molecule has 3 nitrogen and oxygen atoms in total. The average molecular weight is 416 g/mol. The molecule has 1 unspecified atom stereocenters. The number of rotatable bonds is 4. The first-order valence-corrected chi connectivity index (χ1v) is 9.08. The summed E-state index contributed by atoms with van der Waals surface area (Å²) in [5, 5.41) is 4.96. The predicted octanol–water partition coefficient (Wildman–Crippen LogP) is 5.76. The van der Waals surface area contributed by atoms with Gasteiger partial charge >= 0.3 is 0 Å². The number of nitrogens with zero attached hydrogens (tertiary/aromatic N) is 1. The predicted molar refractivity (Wildman–Crippen MR) is 99.3 cm³/mol. The number of nitrogens with one attached hydrogen (secondary N) is 1. The minimum absolute atomic E-state index is 0.0179. The van der Waals surface area contributed by atoms with Crippen LogP contribution in [0.1, 0.15) is 27.0 Å². The van der Waals surface area contributed by atoms with Gasteiger partial charge in [-0.3, -0.25) is 4.79 Å². The third-order valence-electron chi connectivity index (χ3n) is 3.44. The Kier molecular flexibility index (Phi) is 5.59. The Morgan fingerprint density at radius 2 is 1.84 bits per heavy atom. The molecule has 0 aliphatic rings. The summed E-state index contributed by atoms with van der Waals surface area (Å²) in [6.45, 7) is 0. The molecule has 0 aliphatic heterocycles. The highest BCUT2D eigenvalue weighted by atomic mass is 35.5. The first-order chi connectivity index (χ1) is 12.0. The number of aromatic nitrogens is 1. The molecule has 2 aromatic heterocycles. The van der Waals surface area contributed by atoms with Gasteiger partial charge in [-0.25, -0.2) is 9.37 Å². The third kappa shape index (κ3) is 3.96. The van der Waals surface area contributed by atoms with E-state index in [0.29, 0.717) is 0 Å². The van der Waals surface area contributed by atoms with Gasteiger partial charge in [-0.1, -0.05) is 53.0 Å². The van der Waals surface area contributed by atoms with E-state index >= 15 is 0 Å². The number of thiophene rings is 1. The van der Waals surface area contributed by atoms with Crippen molar-refractivity contribution in [2.24, 2.45) is 0 Å². The lowest BCUT2D eigenvalue weighted by Gasteiger charge is -2.18. The van der Waals surface area contributed by atoms with Crippen LogP contribution in [0.4, 0.5) is 4.39 Å². The molecule has 128 valence electrons. The number of halogens is 4. The molecule has 25 heavy (non-hydrogen) atoms. The maximum atomic E-state index is 13.2. The standard InChI is InChI=1S/C17H10Cl3FN2OS/c18-11-8-22-16(14(20)13(11)19)17(24)23-15(12-2-1-7-25-12)9-3-5-10(21)6-4-9/h1-8,15H,(H,23,24). The first-order valence-electron chi connectivity index (χ1n) is 7.06. The van der Waals surface area contributed by atoms with Gasteiger partial charge < -0.3 is 5.32 Å². The number of carbonyl (C=O) groups excluding carboxylic acids is 1. The Bertz CT molecular complexity index is 901. The van der Waals surface area contributed by atoms with Gasteiger partial charge in [0.05, 0.1) is 21.1 Å². The highest BCUT2D eigenvalue weighted by Gasteiger charge is 2.23. The molecule has 0 saturated carbocycles. The van der Waals surface area contributed by atoms with Crippen LogP contribution in [0.25, 0.3) is 0 Å². The van der Waals surface area contributed by atoms with Crippen molar-refractivity contribution in [1.29, 1.82) is 0 Å². The van der Waals surface area contributed by atoms with Crippen molar-refractivity contribution >= 4 is 52.0 Å². The molecular formula is C17H10Cl3FN2OS. The van der Waals surface area contributed by atoms with Gasteiger partial charge in [-0.05, 0) is 29.1 Å². The normalized spacial score (nSPS) is 12.0. The molecule has 3 rings (SSSR count). The molecule has 3 aromatic rings. The van der Waals surface area contributed by atoms with Crippen molar-refractivity contribution in [2.75, 3.05) is 0 Å². The minimum Gasteiger partial charge on any atom is -0.339 e. The molecule has 0 bridgehead atoms. The van der Waals surface area contributed by atoms with Gasteiger partial charge in [-0.15, -0.1) is 11.3 Å². The van der Waals surface area contributed by atoms with E-state index in [1.165, 1.54) is 29.7 Å². The highest BCUT2D eigenvalue weighted by Crippen LogP contribution is 2.32. The Balaban J connectivity index is 1.94. The fourth-order valence-electron chi connectivity index (χ4n) is 2.23. The van der Waals surface area contributed by atoms with Gasteiger partial charge in [0.2, 0.25) is 0 Å². The molecule has 0 fully saturated rings. The van der Waals surface area contributed by atoms with Gasteiger partial charge in [0.1, 0.15) is 11.5 Å². The van der Waals surface area contributed by atoms with Crippen LogP contribution in [-0.2, 0) is 0 Å². The molecule has 1 aromatic carbocycles. The lowest BCUT2D eigenvalue weighted by atomic mass is 10.0. The zero-order chi connectivity index (χ0) is 18.0. The van der Waals surface area contributed by atoms with E-state index in [-0.39, 0.29) is 26.6 Å². The zero-order valence-corrected chi connectivity index (χ0v) is 15.6. The molecular weight excluding hydrogens is 406 g/mol. The lowest BCUT2D eigenvalue weighted by Crippen LogP contribution is -2.29. The number of pyridine rings is 1. The fourth-order valence-corrected chi connectivity index (χ4v) is 3.60. The van der Waals surface area contributed by atoms with Crippen LogP contribution >= 0.6 is 46.1 Å². The second-order valence-electron chi connectivity index (χ2n) is 5.06. The quantitative estimate of drug-likeness (QED) is 0.588. The fraction of sp³-hybridized carbons (Fsp3) is 0.0588. The van der Waals surface area contributed by atoms with E-state index < -0.39 is 11.9 Å². The van der Waals surface area contributed by atoms with E-state index in [2.05, 4.69) is 10.3 Å². The number of amides is 1. The highest BCUT2D eigenvalue weighted by molar-refractivity contribution is 7.10. The number of carbonyl (C=O) groups is 1. The van der Waals surface area contributed by atoms with Crippen LogP contribution in [0.15, 0.2) is 48.0 Å². The topological polar surface area (TPSA) is 42.0 Å². The van der Waals surface area contributed by atoms with E-state index in [0.717, 1.165) is 10.4 Å². The molecule has 1 amide bonds. The van der Waals surface area contributed by atoms with Gasteiger partial charge in [0.15, 0.2) is 0 Å². The molecule has 0 saturated heterocycles. The smallest absolute Gasteiger partial charge is 0.272 e. The van der Waals surface area contributed by atoms with Gasteiger partial charge in [0, 0.05) is 11.1 Å². The summed E-state index contributed by atoms with van der Waals surface area (Å²) in [6, 6.07) is 9.18. The molecule has 0 aliphatic carbocycles. The van der Waals surface area contributed by atoms with E-state index in [9.17, 15) is 9.18 Å². The summed E-state index contributed by atoms with van der Waals surface area (Å²) in [5.41, 5.74) is 0.702. The average Bonchev–Trinajstić information content (AvgIpc) is 3.13. The van der Waals surface area contributed by atoms with E-state index in [1.54, 1.807) is 12.1 Å². The summed E-state index contributed by atoms with van der Waals surface area (Å²) >= 11 is 19.4. The first kappa shape index (κ1) is 18.1. The van der Waals surface area contributed by atoms with Crippen LogP contribution in [0.3, 0.4) is 0 Å². The lowest BCUT2D eigenvalue weighted by molar-refractivity contribution is 0.0938. The second kappa shape index (κ2) is 7.70. The van der Waals surface area contributed by atoms with Gasteiger partial charge in [0.25, 0.3) is 5.91 Å². The second-order valence-corrected chi connectivity index (χ2v) is 7.20. The van der Waals surface area contributed by atoms with Crippen LogP contribution in [0.5, 0.6) is 0 Å². The summed E-state index contributed by atoms with van der Waals surface area (Å²) in [5.74, 6) is -0.861. The molecule has 1 atom stereocenters. The number of hydrogen-bond acceptors (Lipinski definition) is 3. The van der Waals surface area contributed by atoms with Crippen molar-refractivity contribution in [3.8, 4) is 0 Å². The molecule has 2 heterocycles. The maximum Gasteiger partial charge on any atom is 0.272 e. The summed E-state index contributed by atoms with van der Waals surface area (Å²) in [7, 11) is 0. The monoisotopic (exact) mass is 414 g/mol. The summed E-state index contributed by atoms with van der Waals surface area (Å²) in [6.07, 6.45) is 1.27. The third-order valence-corrected chi connectivity index (χ3v) is 5.62. The van der Waals surface area contributed by atoms with E-state index in [4.69, 9.17) is 34.8 Å². The van der Waals surface area contributed by atoms with Gasteiger partial charge in [-0.2, -0.15) is 0 Å². The summed E-state index contributed by atoms with van der Waals surface area (Å²) in [4.78, 5) is 17.5. The largest absolute Gasteiger partial charge is 0.339 e. The number of hydrogen-bond donors (Lipinski definition) is 1. The molecule has 1 N–H and O–H groups in total. The Morgan fingerprint density at radius 3 is 2.48 bits per heavy atom. The van der Waals surface area contributed by atoms with Crippen molar-refractivity contribution in [2.45, 2.75) is 6.04 Å². The Morgan fingerprint density at radius 1 is 1.12 bits per heavy atom. The molecule has 0 radical (unpaired) electrons. The van der Waals surface area contributed by atoms with E-state index in [1.807, 2.05) is 17.5 Å². The van der Waals surface area contributed by atoms with Crippen LogP contribution in [0.2, 0.25) is 15.1 Å². The maximum absolute atomic E-state index is 13.2. The number of benzene rings is 1. The van der Waals surface area contributed by atoms with Crippen molar-refractivity contribution in [1.82, 2.24) is 10.3 Å². The van der Waals surface area contributed by atoms with Crippen molar-refractivity contribution < 1.29 is 9.18 Å². The van der Waals surface area contributed by atoms with Crippen LogP contribution in [0, 0.1) is 5.82 Å². The summed E-state index contributed by atoms with van der Waals surface area (Å²) < 4.78 is 13.2. The molecule has 0 spiro atoms. The Labute approximate surface area is 162 Å². The van der Waals surface area contributed by atoms with Crippen molar-refractivity contribution in [3.05, 3.63) is 85.0 Å². The van der Waals surface area contributed by atoms with Crippen molar-refractivity contribution in [3.63, 3.8) is 0 Å².